The normalized spacial score (nSPS) is 18.5. The number of ether oxygens (including phenoxy) is 1. The zero-order valence-corrected chi connectivity index (χ0v) is 13.3. The smallest absolute Gasteiger partial charge is 0.305 e. The monoisotopic (exact) mass is 299 g/mol. The van der Waals surface area contributed by atoms with E-state index in [0.717, 1.165) is 13.1 Å². The number of hydrogen-bond acceptors (Lipinski definition) is 5. The average molecular weight is 299 g/mol. The van der Waals surface area contributed by atoms with Crippen LogP contribution in [-0.4, -0.2) is 62.7 Å². The SMILES string of the molecule is CCOC(=O)CCCNC(=O)CN(C)CC1CCCCN1. The van der Waals surface area contributed by atoms with Crippen molar-refractivity contribution in [2.45, 2.75) is 45.1 Å². The Hall–Kier alpha value is -1.14. The van der Waals surface area contributed by atoms with Crippen LogP contribution in [0, 0.1) is 0 Å². The van der Waals surface area contributed by atoms with Gasteiger partial charge < -0.3 is 15.4 Å². The lowest BCUT2D eigenvalue weighted by molar-refractivity contribution is -0.143. The van der Waals surface area contributed by atoms with Crippen molar-refractivity contribution in [2.75, 3.05) is 39.8 Å². The predicted octanol–water partition coefficient (Wildman–Crippen LogP) is 0.520. The first-order valence-corrected chi connectivity index (χ1v) is 7.96. The lowest BCUT2D eigenvalue weighted by Crippen LogP contribution is -2.45. The quantitative estimate of drug-likeness (QED) is 0.480. The molecule has 1 aliphatic rings. The fourth-order valence-electron chi connectivity index (χ4n) is 2.52. The summed E-state index contributed by atoms with van der Waals surface area (Å²) in [5.41, 5.74) is 0. The van der Waals surface area contributed by atoms with Crippen LogP contribution in [0.25, 0.3) is 0 Å². The molecule has 1 heterocycles. The maximum absolute atomic E-state index is 11.8. The topological polar surface area (TPSA) is 70.7 Å². The Bertz CT molecular complexity index is 317. The molecule has 6 nitrogen and oxygen atoms in total. The van der Waals surface area contributed by atoms with Gasteiger partial charge in [-0.3, -0.25) is 14.5 Å². The standard InChI is InChI=1S/C15H29N3O3/c1-3-21-15(20)8-6-10-17-14(19)12-18(2)11-13-7-4-5-9-16-13/h13,16H,3-12H2,1-2H3,(H,17,19). The zero-order chi connectivity index (χ0) is 15.5. The molecule has 0 aliphatic carbocycles. The molecule has 1 unspecified atom stereocenters. The van der Waals surface area contributed by atoms with Gasteiger partial charge in [-0.15, -0.1) is 0 Å². The van der Waals surface area contributed by atoms with Crippen LogP contribution in [0.3, 0.4) is 0 Å². The predicted molar refractivity (Wildman–Crippen MR) is 82.0 cm³/mol. The number of nitrogens with zero attached hydrogens (tertiary/aromatic N) is 1. The second-order valence-corrected chi connectivity index (χ2v) is 5.60. The minimum absolute atomic E-state index is 0.0113. The molecule has 0 aromatic carbocycles. The molecule has 0 bridgehead atoms. The Balaban J connectivity index is 2.05. The van der Waals surface area contributed by atoms with Crippen molar-refractivity contribution in [3.05, 3.63) is 0 Å². The van der Waals surface area contributed by atoms with Crippen LogP contribution in [0.2, 0.25) is 0 Å². The van der Waals surface area contributed by atoms with Crippen molar-refractivity contribution >= 4 is 11.9 Å². The van der Waals surface area contributed by atoms with Gasteiger partial charge in [0.1, 0.15) is 0 Å². The third-order valence-corrected chi connectivity index (χ3v) is 3.54. The van der Waals surface area contributed by atoms with Crippen molar-refractivity contribution in [2.24, 2.45) is 0 Å². The van der Waals surface area contributed by atoms with Gasteiger partial charge in [-0.05, 0) is 39.8 Å². The van der Waals surface area contributed by atoms with Gasteiger partial charge in [0.25, 0.3) is 0 Å². The third kappa shape index (κ3) is 8.67. The van der Waals surface area contributed by atoms with E-state index in [4.69, 9.17) is 4.74 Å². The highest BCUT2D eigenvalue weighted by Crippen LogP contribution is 2.07. The number of carbonyl (C=O) groups excluding carboxylic acids is 2. The number of hydrogen-bond donors (Lipinski definition) is 2. The van der Waals surface area contributed by atoms with E-state index in [1.54, 1.807) is 6.92 Å². The number of rotatable bonds is 9. The van der Waals surface area contributed by atoms with Crippen molar-refractivity contribution in [3.63, 3.8) is 0 Å². The minimum atomic E-state index is -0.202. The average Bonchev–Trinajstić information content (AvgIpc) is 2.45. The lowest BCUT2D eigenvalue weighted by atomic mass is 10.0. The van der Waals surface area contributed by atoms with Crippen LogP contribution < -0.4 is 10.6 Å². The summed E-state index contributed by atoms with van der Waals surface area (Å²) in [7, 11) is 1.97. The summed E-state index contributed by atoms with van der Waals surface area (Å²) in [6, 6.07) is 0.500. The maximum atomic E-state index is 11.8. The van der Waals surface area contributed by atoms with Gasteiger partial charge in [0, 0.05) is 25.6 Å². The molecule has 122 valence electrons. The molecule has 0 radical (unpaired) electrons. The van der Waals surface area contributed by atoms with Gasteiger partial charge in [0.05, 0.1) is 13.2 Å². The first-order chi connectivity index (χ1) is 10.1. The van der Waals surface area contributed by atoms with E-state index >= 15 is 0 Å². The summed E-state index contributed by atoms with van der Waals surface area (Å²) in [5.74, 6) is -0.190. The van der Waals surface area contributed by atoms with Gasteiger partial charge in [-0.2, -0.15) is 0 Å². The molecule has 0 aromatic heterocycles. The number of carbonyl (C=O) groups is 2. The van der Waals surface area contributed by atoms with E-state index in [0.29, 0.717) is 38.6 Å². The van der Waals surface area contributed by atoms with Crippen molar-refractivity contribution in [1.82, 2.24) is 15.5 Å². The highest BCUT2D eigenvalue weighted by molar-refractivity contribution is 5.78. The van der Waals surface area contributed by atoms with Gasteiger partial charge >= 0.3 is 5.97 Å². The Morgan fingerprint density at radius 2 is 2.19 bits per heavy atom. The molecule has 1 saturated heterocycles. The van der Waals surface area contributed by atoms with Crippen LogP contribution in [0.5, 0.6) is 0 Å². The highest BCUT2D eigenvalue weighted by atomic mass is 16.5. The van der Waals surface area contributed by atoms with E-state index in [2.05, 4.69) is 10.6 Å². The summed E-state index contributed by atoms with van der Waals surface area (Å²) in [6.45, 7) is 5.10. The second-order valence-electron chi connectivity index (χ2n) is 5.60. The van der Waals surface area contributed by atoms with Crippen LogP contribution >= 0.6 is 0 Å². The number of amides is 1. The summed E-state index contributed by atoms with van der Waals surface area (Å²) in [5, 5.41) is 6.31. The van der Waals surface area contributed by atoms with E-state index < -0.39 is 0 Å². The molecular formula is C15H29N3O3. The molecule has 1 rings (SSSR count). The Morgan fingerprint density at radius 3 is 2.86 bits per heavy atom. The zero-order valence-electron chi connectivity index (χ0n) is 13.3. The third-order valence-electron chi connectivity index (χ3n) is 3.54. The van der Waals surface area contributed by atoms with Gasteiger partial charge in [0.2, 0.25) is 5.91 Å². The second kappa shape index (κ2) is 10.6. The summed E-state index contributed by atoms with van der Waals surface area (Å²) in [6.07, 6.45) is 4.69. The minimum Gasteiger partial charge on any atom is -0.466 e. The number of nitrogens with one attached hydrogen (secondary N) is 2. The van der Waals surface area contributed by atoms with Gasteiger partial charge in [-0.25, -0.2) is 0 Å². The lowest BCUT2D eigenvalue weighted by Gasteiger charge is -2.27. The number of likely N-dealkylation sites (N-methyl/N-ethyl adjacent to an activating group) is 1. The first kappa shape index (κ1) is 17.9. The van der Waals surface area contributed by atoms with Crippen LogP contribution in [-0.2, 0) is 14.3 Å². The van der Waals surface area contributed by atoms with E-state index in [1.165, 1.54) is 19.3 Å². The van der Waals surface area contributed by atoms with E-state index in [9.17, 15) is 9.59 Å². The maximum Gasteiger partial charge on any atom is 0.305 e. The van der Waals surface area contributed by atoms with Crippen molar-refractivity contribution < 1.29 is 14.3 Å². The Kier molecular flexibility index (Phi) is 9.01. The molecule has 2 N–H and O–H groups in total. The first-order valence-electron chi connectivity index (χ1n) is 7.96. The fraction of sp³-hybridized carbons (Fsp3) is 0.867. The van der Waals surface area contributed by atoms with Crippen molar-refractivity contribution in [1.29, 1.82) is 0 Å². The molecule has 1 amide bonds. The highest BCUT2D eigenvalue weighted by Gasteiger charge is 2.15. The Labute approximate surface area is 127 Å². The Morgan fingerprint density at radius 1 is 1.38 bits per heavy atom. The van der Waals surface area contributed by atoms with E-state index in [-0.39, 0.29) is 11.9 Å². The molecule has 0 spiro atoms. The van der Waals surface area contributed by atoms with Crippen LogP contribution in [0.15, 0.2) is 0 Å². The van der Waals surface area contributed by atoms with Crippen LogP contribution in [0.4, 0.5) is 0 Å². The molecular weight excluding hydrogens is 270 g/mol. The fourth-order valence-corrected chi connectivity index (χ4v) is 2.52. The van der Waals surface area contributed by atoms with Crippen molar-refractivity contribution in [3.8, 4) is 0 Å². The van der Waals surface area contributed by atoms with Gasteiger partial charge in [0.15, 0.2) is 0 Å². The molecule has 1 aliphatic heterocycles. The molecule has 21 heavy (non-hydrogen) atoms. The molecule has 0 aromatic rings. The molecule has 0 saturated carbocycles. The number of piperidine rings is 1. The molecule has 1 fully saturated rings. The van der Waals surface area contributed by atoms with E-state index in [1.807, 2.05) is 11.9 Å². The van der Waals surface area contributed by atoms with Crippen LogP contribution in [0.1, 0.15) is 39.0 Å². The largest absolute Gasteiger partial charge is 0.466 e. The number of esters is 1. The van der Waals surface area contributed by atoms with Gasteiger partial charge in [-0.1, -0.05) is 6.42 Å². The summed E-state index contributed by atoms with van der Waals surface area (Å²) >= 11 is 0. The summed E-state index contributed by atoms with van der Waals surface area (Å²) < 4.78 is 4.83. The molecule has 1 atom stereocenters. The summed E-state index contributed by atoms with van der Waals surface area (Å²) in [4.78, 5) is 25.0. The molecule has 6 heteroatoms.